The van der Waals surface area contributed by atoms with Gasteiger partial charge in [-0.05, 0) is 42.6 Å². The van der Waals surface area contributed by atoms with Crippen LogP contribution in [0.15, 0.2) is 54.9 Å². The number of piperidine rings is 1. The molecular weight excluding hydrogens is 324 g/mol. The molecule has 2 aromatic rings. The topological polar surface area (TPSA) is 48.5 Å². The minimum absolute atomic E-state index is 0.0403. The molecule has 1 unspecified atom stereocenters. The second kappa shape index (κ2) is 9.34. The highest BCUT2D eigenvalue weighted by atomic mass is 16.2. The number of amides is 2. The van der Waals surface area contributed by atoms with E-state index in [1.54, 1.807) is 0 Å². The van der Waals surface area contributed by atoms with Crippen molar-refractivity contribution in [2.75, 3.05) is 19.6 Å². The summed E-state index contributed by atoms with van der Waals surface area (Å²) in [5.74, 6) is 0. The minimum atomic E-state index is 0.0403. The van der Waals surface area contributed by atoms with Gasteiger partial charge in [-0.3, -0.25) is 9.88 Å². The summed E-state index contributed by atoms with van der Waals surface area (Å²) in [6, 6.07) is 14.6. The van der Waals surface area contributed by atoms with Gasteiger partial charge in [-0.1, -0.05) is 37.3 Å². The van der Waals surface area contributed by atoms with E-state index in [4.69, 9.17) is 0 Å². The lowest BCUT2D eigenvalue weighted by Crippen LogP contribution is -2.52. The number of hydrogen-bond acceptors (Lipinski definition) is 3. The molecule has 0 saturated carbocycles. The second-order valence-electron chi connectivity index (χ2n) is 6.80. The highest BCUT2D eigenvalue weighted by molar-refractivity contribution is 5.74. The van der Waals surface area contributed by atoms with Crippen molar-refractivity contribution in [1.82, 2.24) is 20.1 Å². The third-order valence-electron chi connectivity index (χ3n) is 5.03. The molecule has 1 saturated heterocycles. The Labute approximate surface area is 156 Å². The average molecular weight is 352 g/mol. The number of aromatic nitrogens is 1. The van der Waals surface area contributed by atoms with E-state index < -0.39 is 0 Å². The van der Waals surface area contributed by atoms with Crippen LogP contribution in [0.1, 0.15) is 30.9 Å². The minimum Gasteiger partial charge on any atom is -0.334 e. The van der Waals surface area contributed by atoms with Gasteiger partial charge in [0.25, 0.3) is 0 Å². The Morgan fingerprint density at radius 3 is 2.69 bits per heavy atom. The van der Waals surface area contributed by atoms with Gasteiger partial charge >= 0.3 is 6.03 Å². The molecule has 0 radical (unpaired) electrons. The number of benzene rings is 1. The highest BCUT2D eigenvalue weighted by Gasteiger charge is 2.27. The van der Waals surface area contributed by atoms with Gasteiger partial charge < -0.3 is 10.2 Å². The predicted molar refractivity (Wildman–Crippen MR) is 104 cm³/mol. The Bertz CT molecular complexity index is 677. The fourth-order valence-electron chi connectivity index (χ4n) is 3.54. The van der Waals surface area contributed by atoms with Crippen LogP contribution in [0, 0.1) is 0 Å². The molecule has 1 aromatic carbocycles. The predicted octanol–water partition coefficient (Wildman–Crippen LogP) is 3.28. The number of likely N-dealkylation sites (N-methyl/N-ethyl adjacent to an activating group) is 1. The molecule has 0 bridgehead atoms. The number of carbonyl (C=O) groups is 1. The largest absolute Gasteiger partial charge is 0.334 e. The van der Waals surface area contributed by atoms with Crippen LogP contribution in [-0.4, -0.2) is 46.5 Å². The van der Waals surface area contributed by atoms with E-state index in [1.165, 1.54) is 5.56 Å². The van der Waals surface area contributed by atoms with Crippen LogP contribution in [0.2, 0.25) is 0 Å². The van der Waals surface area contributed by atoms with E-state index in [-0.39, 0.29) is 6.03 Å². The zero-order valence-corrected chi connectivity index (χ0v) is 15.5. The van der Waals surface area contributed by atoms with Crippen LogP contribution in [-0.2, 0) is 13.1 Å². The summed E-state index contributed by atoms with van der Waals surface area (Å²) in [5.41, 5.74) is 2.40. The number of hydrogen-bond donors (Lipinski definition) is 1. The van der Waals surface area contributed by atoms with Crippen molar-refractivity contribution < 1.29 is 4.79 Å². The van der Waals surface area contributed by atoms with Crippen molar-refractivity contribution in [3.05, 3.63) is 66.0 Å². The molecule has 1 aromatic heterocycles. The summed E-state index contributed by atoms with van der Waals surface area (Å²) in [4.78, 5) is 21.1. The number of nitrogens with zero attached hydrogens (tertiary/aromatic N) is 3. The first-order valence-corrected chi connectivity index (χ1v) is 9.46. The number of pyridine rings is 1. The van der Waals surface area contributed by atoms with Crippen molar-refractivity contribution in [3.8, 4) is 0 Å². The number of rotatable bonds is 6. The molecule has 2 heterocycles. The van der Waals surface area contributed by atoms with Crippen LogP contribution >= 0.6 is 0 Å². The fourth-order valence-corrected chi connectivity index (χ4v) is 3.54. The molecule has 1 N–H and O–H groups in total. The first kappa shape index (κ1) is 18.4. The van der Waals surface area contributed by atoms with E-state index in [1.807, 2.05) is 47.6 Å². The van der Waals surface area contributed by atoms with Crippen molar-refractivity contribution in [3.63, 3.8) is 0 Å². The molecule has 2 amide bonds. The van der Waals surface area contributed by atoms with Gasteiger partial charge in [0.2, 0.25) is 0 Å². The zero-order valence-electron chi connectivity index (χ0n) is 15.5. The van der Waals surface area contributed by atoms with Crippen LogP contribution in [0.4, 0.5) is 4.79 Å². The van der Waals surface area contributed by atoms with E-state index in [2.05, 4.69) is 34.3 Å². The van der Waals surface area contributed by atoms with Gasteiger partial charge in [0, 0.05) is 44.6 Å². The molecule has 138 valence electrons. The number of likely N-dealkylation sites (tertiary alicyclic amines) is 1. The third-order valence-corrected chi connectivity index (χ3v) is 5.03. The lowest BCUT2D eigenvalue weighted by atomic mass is 10.0. The smallest absolute Gasteiger partial charge is 0.317 e. The second-order valence-corrected chi connectivity index (χ2v) is 6.80. The van der Waals surface area contributed by atoms with E-state index in [0.29, 0.717) is 12.6 Å². The Kier molecular flexibility index (Phi) is 6.61. The Morgan fingerprint density at radius 2 is 1.96 bits per heavy atom. The van der Waals surface area contributed by atoms with E-state index in [9.17, 15) is 4.79 Å². The molecule has 5 nitrogen and oxygen atoms in total. The normalized spacial score (nSPS) is 17.3. The SMILES string of the molecule is CCN(Cc1ccncc1)C1CCCN(C(=O)NCc2ccccc2)C1. The zero-order chi connectivity index (χ0) is 18.2. The van der Waals surface area contributed by atoms with Gasteiger partial charge in [0.15, 0.2) is 0 Å². The number of carbonyl (C=O) groups excluding carboxylic acids is 1. The molecule has 1 atom stereocenters. The number of nitrogens with one attached hydrogen (secondary N) is 1. The quantitative estimate of drug-likeness (QED) is 0.868. The van der Waals surface area contributed by atoms with Crippen LogP contribution in [0.5, 0.6) is 0 Å². The fraction of sp³-hybridized carbons (Fsp3) is 0.429. The molecule has 1 aliphatic heterocycles. The molecule has 3 rings (SSSR count). The van der Waals surface area contributed by atoms with Gasteiger partial charge in [-0.25, -0.2) is 4.79 Å². The maximum absolute atomic E-state index is 12.6. The molecular formula is C21H28N4O. The summed E-state index contributed by atoms with van der Waals surface area (Å²) in [5, 5.41) is 3.06. The average Bonchev–Trinajstić information content (AvgIpc) is 2.72. The van der Waals surface area contributed by atoms with Crippen molar-refractivity contribution >= 4 is 6.03 Å². The number of urea groups is 1. The first-order valence-electron chi connectivity index (χ1n) is 9.46. The summed E-state index contributed by atoms with van der Waals surface area (Å²) < 4.78 is 0. The standard InChI is InChI=1S/C21H28N4O/c1-2-24(16-19-10-12-22-13-11-19)20-9-6-14-25(17-20)21(26)23-15-18-7-4-3-5-8-18/h3-5,7-8,10-13,20H,2,6,9,14-17H2,1H3,(H,23,26). The van der Waals surface area contributed by atoms with Crippen molar-refractivity contribution in [2.24, 2.45) is 0 Å². The lowest BCUT2D eigenvalue weighted by Gasteiger charge is -2.39. The Hall–Kier alpha value is -2.40. The monoisotopic (exact) mass is 352 g/mol. The van der Waals surface area contributed by atoms with Gasteiger partial charge in [0.1, 0.15) is 0 Å². The van der Waals surface area contributed by atoms with Crippen LogP contribution in [0.25, 0.3) is 0 Å². The maximum atomic E-state index is 12.6. The Morgan fingerprint density at radius 1 is 1.19 bits per heavy atom. The van der Waals surface area contributed by atoms with E-state index >= 15 is 0 Å². The molecule has 5 heteroatoms. The van der Waals surface area contributed by atoms with Gasteiger partial charge in [0.05, 0.1) is 0 Å². The molecule has 1 aliphatic rings. The summed E-state index contributed by atoms with van der Waals surface area (Å²) in [7, 11) is 0. The van der Waals surface area contributed by atoms with Crippen molar-refractivity contribution in [2.45, 2.75) is 38.9 Å². The van der Waals surface area contributed by atoms with Gasteiger partial charge in [-0.2, -0.15) is 0 Å². The van der Waals surface area contributed by atoms with Crippen LogP contribution < -0.4 is 5.32 Å². The maximum Gasteiger partial charge on any atom is 0.317 e. The summed E-state index contributed by atoms with van der Waals surface area (Å²) >= 11 is 0. The highest BCUT2D eigenvalue weighted by Crippen LogP contribution is 2.18. The van der Waals surface area contributed by atoms with Crippen LogP contribution in [0.3, 0.4) is 0 Å². The lowest BCUT2D eigenvalue weighted by molar-refractivity contribution is 0.107. The molecule has 0 aliphatic carbocycles. The van der Waals surface area contributed by atoms with E-state index in [0.717, 1.165) is 44.6 Å². The first-order chi connectivity index (χ1) is 12.8. The third kappa shape index (κ3) is 5.05. The molecule has 0 spiro atoms. The summed E-state index contributed by atoms with van der Waals surface area (Å²) in [6.07, 6.45) is 5.87. The van der Waals surface area contributed by atoms with Gasteiger partial charge in [-0.15, -0.1) is 0 Å². The summed E-state index contributed by atoms with van der Waals surface area (Å²) in [6.45, 7) is 6.28. The molecule has 1 fully saturated rings. The van der Waals surface area contributed by atoms with Crippen molar-refractivity contribution in [1.29, 1.82) is 0 Å². The Balaban J connectivity index is 1.54. The molecule has 26 heavy (non-hydrogen) atoms.